The number of hydrogen-bond donors (Lipinski definition) is 2. The number of rotatable bonds is 6. The van der Waals surface area contributed by atoms with Crippen LogP contribution >= 0.6 is 0 Å². The fraction of sp³-hybridized carbons (Fsp3) is 0.440. The van der Waals surface area contributed by atoms with Gasteiger partial charge in [0.15, 0.2) is 0 Å². The van der Waals surface area contributed by atoms with Crippen molar-refractivity contribution < 1.29 is 9.59 Å². The van der Waals surface area contributed by atoms with Crippen LogP contribution in [0.4, 0.5) is 5.69 Å². The van der Waals surface area contributed by atoms with E-state index < -0.39 is 0 Å². The molecule has 3 rings (SSSR count). The number of carbonyl (C=O) groups excluding carboxylic acids is 2. The zero-order valence-corrected chi connectivity index (χ0v) is 18.4. The van der Waals surface area contributed by atoms with Crippen molar-refractivity contribution in [3.8, 4) is 0 Å². The molecule has 0 saturated carbocycles. The molecule has 5 heteroatoms. The lowest BCUT2D eigenvalue weighted by molar-refractivity contribution is 0.0925. The van der Waals surface area contributed by atoms with E-state index in [1.165, 1.54) is 0 Å². The molecule has 0 aliphatic carbocycles. The van der Waals surface area contributed by atoms with Gasteiger partial charge in [-0.25, -0.2) is 0 Å². The summed E-state index contributed by atoms with van der Waals surface area (Å²) >= 11 is 0. The van der Waals surface area contributed by atoms with Gasteiger partial charge in [-0.3, -0.25) is 9.59 Å². The van der Waals surface area contributed by atoms with Crippen LogP contribution in [0, 0.1) is 12.8 Å². The first-order chi connectivity index (χ1) is 14.3. The first-order valence-electron chi connectivity index (χ1n) is 10.9. The van der Waals surface area contributed by atoms with Crippen molar-refractivity contribution in [1.82, 2.24) is 10.6 Å². The van der Waals surface area contributed by atoms with Crippen LogP contribution in [0.15, 0.2) is 48.5 Å². The Bertz CT molecular complexity index is 885. The van der Waals surface area contributed by atoms with Crippen molar-refractivity contribution in [2.24, 2.45) is 5.92 Å². The lowest BCUT2D eigenvalue weighted by Gasteiger charge is -2.35. The molecular weight excluding hydrogens is 374 g/mol. The number of para-hydroxylation sites is 1. The Hall–Kier alpha value is -2.82. The Morgan fingerprint density at radius 3 is 2.33 bits per heavy atom. The molecule has 0 bridgehead atoms. The molecular formula is C25H33N3O2. The molecule has 0 unspecified atom stereocenters. The highest BCUT2D eigenvalue weighted by Gasteiger charge is 2.24. The molecule has 1 fully saturated rings. The minimum atomic E-state index is -0.0262. The molecule has 2 amide bonds. The van der Waals surface area contributed by atoms with Crippen molar-refractivity contribution >= 4 is 17.5 Å². The van der Waals surface area contributed by atoms with Crippen molar-refractivity contribution in [2.45, 2.75) is 52.6 Å². The molecule has 1 aliphatic rings. The van der Waals surface area contributed by atoms with E-state index in [0.717, 1.165) is 37.2 Å². The maximum atomic E-state index is 12.8. The summed E-state index contributed by atoms with van der Waals surface area (Å²) in [5.74, 6) is 0.343. The summed E-state index contributed by atoms with van der Waals surface area (Å²) < 4.78 is 0. The summed E-state index contributed by atoms with van der Waals surface area (Å²) in [5, 5.41) is 6.28. The molecule has 0 spiro atoms. The van der Waals surface area contributed by atoms with Crippen LogP contribution in [0.3, 0.4) is 0 Å². The third-order valence-electron chi connectivity index (χ3n) is 5.96. The van der Waals surface area contributed by atoms with Crippen molar-refractivity contribution in [2.75, 3.05) is 18.0 Å². The zero-order chi connectivity index (χ0) is 21.7. The van der Waals surface area contributed by atoms with Gasteiger partial charge < -0.3 is 15.5 Å². The minimum absolute atomic E-state index is 0.0143. The minimum Gasteiger partial charge on any atom is -0.371 e. The first kappa shape index (κ1) is 21.9. The lowest BCUT2D eigenvalue weighted by Crippen LogP contribution is -2.45. The van der Waals surface area contributed by atoms with E-state index in [1.54, 1.807) is 0 Å². The Morgan fingerprint density at radius 2 is 1.67 bits per heavy atom. The van der Waals surface area contributed by atoms with Gasteiger partial charge in [-0.1, -0.05) is 43.7 Å². The maximum absolute atomic E-state index is 12.8. The quantitative estimate of drug-likeness (QED) is 0.756. The highest BCUT2D eigenvalue weighted by molar-refractivity contribution is 6.00. The number of anilines is 1. The number of nitrogens with one attached hydrogen (secondary N) is 2. The van der Waals surface area contributed by atoms with Gasteiger partial charge in [-0.05, 0) is 56.9 Å². The molecule has 1 heterocycles. The summed E-state index contributed by atoms with van der Waals surface area (Å²) in [6.07, 6.45) is 1.71. The third kappa shape index (κ3) is 5.41. The molecule has 5 nitrogen and oxygen atoms in total. The van der Waals surface area contributed by atoms with E-state index in [1.807, 2.05) is 62.4 Å². The third-order valence-corrected chi connectivity index (χ3v) is 5.96. The summed E-state index contributed by atoms with van der Waals surface area (Å²) in [6.45, 7) is 9.85. The van der Waals surface area contributed by atoms with Crippen molar-refractivity contribution in [1.29, 1.82) is 0 Å². The number of nitrogens with zero attached hydrogens (tertiary/aromatic N) is 1. The number of hydrogen-bond acceptors (Lipinski definition) is 3. The van der Waals surface area contributed by atoms with Crippen LogP contribution in [-0.4, -0.2) is 37.0 Å². The van der Waals surface area contributed by atoms with Crippen molar-refractivity contribution in [3.05, 3.63) is 65.2 Å². The van der Waals surface area contributed by atoms with Gasteiger partial charge in [0.25, 0.3) is 11.8 Å². The molecule has 2 N–H and O–H groups in total. The number of benzene rings is 2. The van der Waals surface area contributed by atoms with Gasteiger partial charge in [0, 0.05) is 36.4 Å². The highest BCUT2D eigenvalue weighted by Crippen LogP contribution is 2.25. The highest BCUT2D eigenvalue weighted by atomic mass is 16.2. The van der Waals surface area contributed by atoms with Crippen LogP contribution in [0.1, 0.15) is 59.9 Å². The number of piperidine rings is 1. The van der Waals surface area contributed by atoms with E-state index in [4.69, 9.17) is 0 Å². The van der Waals surface area contributed by atoms with Gasteiger partial charge in [0.2, 0.25) is 0 Å². The molecule has 160 valence electrons. The molecule has 0 aromatic heterocycles. The van der Waals surface area contributed by atoms with Crippen LogP contribution < -0.4 is 15.5 Å². The molecule has 1 aliphatic heterocycles. The Labute approximate surface area is 179 Å². The lowest BCUT2D eigenvalue weighted by atomic mass is 10.0. The van der Waals surface area contributed by atoms with Crippen LogP contribution in [0.2, 0.25) is 0 Å². The first-order valence-corrected chi connectivity index (χ1v) is 10.9. The van der Waals surface area contributed by atoms with Gasteiger partial charge in [0.05, 0.1) is 5.56 Å². The van der Waals surface area contributed by atoms with E-state index >= 15 is 0 Å². The molecule has 0 radical (unpaired) electrons. The largest absolute Gasteiger partial charge is 0.371 e. The number of aryl methyl sites for hydroxylation is 1. The van der Waals surface area contributed by atoms with Crippen LogP contribution in [-0.2, 0) is 0 Å². The standard InChI is InChI=1S/C25H33N3O2/c1-17(2)19(4)26-25(30)22-10-5-6-11-23(22)28-14-12-21(13-15-28)27-24(29)20-9-7-8-18(3)16-20/h5-11,16-17,19,21H,12-15H2,1-4H3,(H,26,30)(H,27,29)/t19-/m0/s1. The Kier molecular flexibility index (Phi) is 7.14. The zero-order valence-electron chi connectivity index (χ0n) is 18.4. The van der Waals surface area contributed by atoms with Gasteiger partial charge >= 0.3 is 0 Å². The van der Waals surface area contributed by atoms with E-state index in [2.05, 4.69) is 29.4 Å². The average Bonchev–Trinajstić information content (AvgIpc) is 2.74. The number of carbonyl (C=O) groups is 2. The Balaban J connectivity index is 1.61. The molecule has 1 saturated heterocycles. The molecule has 2 aromatic rings. The topological polar surface area (TPSA) is 61.4 Å². The summed E-state index contributed by atoms with van der Waals surface area (Å²) in [6, 6.07) is 15.7. The van der Waals surface area contributed by atoms with Crippen LogP contribution in [0.5, 0.6) is 0 Å². The summed E-state index contributed by atoms with van der Waals surface area (Å²) in [4.78, 5) is 27.6. The SMILES string of the molecule is Cc1cccc(C(=O)NC2CCN(c3ccccc3C(=O)N[C@@H](C)C(C)C)CC2)c1. The van der Waals surface area contributed by atoms with Gasteiger partial charge in [-0.15, -0.1) is 0 Å². The monoisotopic (exact) mass is 407 g/mol. The van der Waals surface area contributed by atoms with Gasteiger partial charge in [0.1, 0.15) is 0 Å². The second-order valence-corrected chi connectivity index (χ2v) is 8.63. The van der Waals surface area contributed by atoms with Crippen molar-refractivity contribution in [3.63, 3.8) is 0 Å². The normalized spacial score (nSPS) is 15.7. The molecule has 2 aromatic carbocycles. The van der Waals surface area contributed by atoms with Crippen LogP contribution in [0.25, 0.3) is 0 Å². The molecule has 1 atom stereocenters. The average molecular weight is 408 g/mol. The predicted octanol–water partition coefficient (Wildman–Crippen LogP) is 4.17. The second-order valence-electron chi connectivity index (χ2n) is 8.63. The smallest absolute Gasteiger partial charge is 0.253 e. The van der Waals surface area contributed by atoms with Gasteiger partial charge in [-0.2, -0.15) is 0 Å². The Morgan fingerprint density at radius 1 is 0.967 bits per heavy atom. The van der Waals surface area contributed by atoms with E-state index in [9.17, 15) is 9.59 Å². The number of amides is 2. The fourth-order valence-electron chi connectivity index (χ4n) is 3.71. The summed E-state index contributed by atoms with van der Waals surface area (Å²) in [7, 11) is 0. The van der Waals surface area contributed by atoms with E-state index in [0.29, 0.717) is 17.0 Å². The maximum Gasteiger partial charge on any atom is 0.253 e. The summed E-state index contributed by atoms with van der Waals surface area (Å²) in [5.41, 5.74) is 3.47. The predicted molar refractivity (Wildman–Crippen MR) is 122 cm³/mol. The van der Waals surface area contributed by atoms with E-state index in [-0.39, 0.29) is 23.9 Å². The second kappa shape index (κ2) is 9.79. The molecule has 30 heavy (non-hydrogen) atoms. The fourth-order valence-corrected chi connectivity index (χ4v) is 3.71.